The number of carboxylic acids is 1. The molecule has 0 aliphatic rings. The number of hydrogen-bond donors (Lipinski definition) is 1. The molecular weight excluding hydrogens is 242 g/mol. The van der Waals surface area contributed by atoms with Gasteiger partial charge < -0.3 is 15.2 Å². The van der Waals surface area contributed by atoms with Crippen molar-refractivity contribution >= 4 is 22.6 Å². The highest BCUT2D eigenvalue weighted by Gasteiger charge is 2.13. The first-order valence-corrected chi connectivity index (χ1v) is 6.02. The Kier molecular flexibility index (Phi) is 3.80. The van der Waals surface area contributed by atoms with E-state index in [9.17, 15) is 14.7 Å². The van der Waals surface area contributed by atoms with Gasteiger partial charge in [0.2, 0.25) is 5.91 Å². The Bertz CT molecular complexity index is 616. The van der Waals surface area contributed by atoms with E-state index in [-0.39, 0.29) is 12.3 Å². The highest BCUT2D eigenvalue weighted by Crippen LogP contribution is 2.19. The van der Waals surface area contributed by atoms with Crippen molar-refractivity contribution in [2.45, 2.75) is 19.4 Å². The molecule has 1 atom stereocenters. The fourth-order valence-corrected chi connectivity index (χ4v) is 2.13. The van der Waals surface area contributed by atoms with E-state index >= 15 is 0 Å². The molecule has 4 nitrogen and oxygen atoms in total. The van der Waals surface area contributed by atoms with Crippen molar-refractivity contribution < 1.29 is 14.7 Å². The molecule has 0 aliphatic heterocycles. The molecule has 98 valence electrons. The number of carboxylic acid groups (broad SMARTS) is 1. The van der Waals surface area contributed by atoms with Crippen LogP contribution in [0, 0.1) is 0 Å². The van der Waals surface area contributed by atoms with E-state index in [2.05, 4.69) is 5.32 Å². The van der Waals surface area contributed by atoms with E-state index in [1.807, 2.05) is 42.5 Å². The van der Waals surface area contributed by atoms with Crippen molar-refractivity contribution in [2.24, 2.45) is 0 Å². The zero-order valence-corrected chi connectivity index (χ0v) is 10.6. The highest BCUT2D eigenvalue weighted by molar-refractivity contribution is 5.87. The Balaban J connectivity index is 2.33. The first-order valence-electron chi connectivity index (χ1n) is 6.02. The first kappa shape index (κ1) is 13.1. The minimum absolute atomic E-state index is 0.212. The molecule has 0 fully saturated rings. The van der Waals surface area contributed by atoms with Gasteiger partial charge in [0.25, 0.3) is 0 Å². The quantitative estimate of drug-likeness (QED) is 0.872. The van der Waals surface area contributed by atoms with Crippen molar-refractivity contribution in [2.75, 3.05) is 0 Å². The molecule has 19 heavy (non-hydrogen) atoms. The molecule has 0 saturated carbocycles. The standard InChI is InChI=1S/C15H15NO3/c1-10(17)16-14(15(18)19)9-12-7-4-6-11-5-2-3-8-13(11)12/h2-8,14H,9H2,1H3,(H,16,17)(H,18,19)/p-1/t14-/m0/s1. The molecule has 0 radical (unpaired) electrons. The Morgan fingerprint density at radius 2 is 1.84 bits per heavy atom. The molecule has 1 amide bonds. The smallest absolute Gasteiger partial charge is 0.217 e. The normalized spacial score (nSPS) is 12.1. The van der Waals surface area contributed by atoms with Crippen LogP contribution in [0.15, 0.2) is 42.5 Å². The third-order valence-corrected chi connectivity index (χ3v) is 2.97. The van der Waals surface area contributed by atoms with E-state index in [0.717, 1.165) is 16.3 Å². The fraction of sp³-hybridized carbons (Fsp3) is 0.200. The van der Waals surface area contributed by atoms with Gasteiger partial charge in [0.15, 0.2) is 0 Å². The Morgan fingerprint density at radius 1 is 1.16 bits per heavy atom. The monoisotopic (exact) mass is 256 g/mol. The second-order valence-corrected chi connectivity index (χ2v) is 4.41. The van der Waals surface area contributed by atoms with E-state index in [1.54, 1.807) is 0 Å². The van der Waals surface area contributed by atoms with Gasteiger partial charge in [-0.15, -0.1) is 0 Å². The molecule has 0 bridgehead atoms. The van der Waals surface area contributed by atoms with Crippen molar-refractivity contribution in [3.05, 3.63) is 48.0 Å². The molecule has 0 aliphatic carbocycles. The van der Waals surface area contributed by atoms with Crippen LogP contribution >= 0.6 is 0 Å². The number of carbonyl (C=O) groups is 2. The maximum atomic E-state index is 11.0. The minimum atomic E-state index is -1.27. The summed E-state index contributed by atoms with van der Waals surface area (Å²) in [7, 11) is 0. The van der Waals surface area contributed by atoms with Crippen LogP contribution in [-0.4, -0.2) is 17.9 Å². The summed E-state index contributed by atoms with van der Waals surface area (Å²) in [5.74, 6) is -1.66. The minimum Gasteiger partial charge on any atom is -0.548 e. The number of benzene rings is 2. The van der Waals surface area contributed by atoms with Gasteiger partial charge in [0.05, 0.1) is 12.0 Å². The maximum Gasteiger partial charge on any atom is 0.217 e. The molecule has 0 saturated heterocycles. The Hall–Kier alpha value is -2.36. The molecule has 0 heterocycles. The van der Waals surface area contributed by atoms with E-state index < -0.39 is 12.0 Å². The fourth-order valence-electron chi connectivity index (χ4n) is 2.13. The van der Waals surface area contributed by atoms with Crippen LogP contribution in [0.1, 0.15) is 12.5 Å². The van der Waals surface area contributed by atoms with Gasteiger partial charge in [-0.25, -0.2) is 0 Å². The SMILES string of the molecule is CC(=O)N[C@@H](Cc1cccc2ccccc12)C(=O)[O-]. The first-order chi connectivity index (χ1) is 9.08. The van der Waals surface area contributed by atoms with Gasteiger partial charge in [-0.3, -0.25) is 4.79 Å². The highest BCUT2D eigenvalue weighted by atomic mass is 16.4. The molecule has 0 unspecified atom stereocenters. The molecule has 2 rings (SSSR count). The van der Waals surface area contributed by atoms with Crippen LogP contribution in [0.2, 0.25) is 0 Å². The molecule has 0 spiro atoms. The summed E-state index contributed by atoms with van der Waals surface area (Å²) in [6.45, 7) is 1.29. The van der Waals surface area contributed by atoms with Crippen LogP contribution in [0.3, 0.4) is 0 Å². The largest absolute Gasteiger partial charge is 0.548 e. The Labute approximate surface area is 111 Å². The maximum absolute atomic E-state index is 11.0. The average molecular weight is 256 g/mol. The van der Waals surface area contributed by atoms with E-state index in [0.29, 0.717) is 0 Å². The zero-order valence-electron chi connectivity index (χ0n) is 10.6. The van der Waals surface area contributed by atoms with Gasteiger partial charge >= 0.3 is 0 Å². The summed E-state index contributed by atoms with van der Waals surface area (Å²) in [4.78, 5) is 22.1. The van der Waals surface area contributed by atoms with Crippen LogP contribution in [0.4, 0.5) is 0 Å². The number of rotatable bonds is 4. The number of aliphatic carboxylic acids is 1. The van der Waals surface area contributed by atoms with Gasteiger partial charge in [-0.1, -0.05) is 42.5 Å². The Morgan fingerprint density at radius 3 is 2.53 bits per heavy atom. The van der Waals surface area contributed by atoms with Crippen molar-refractivity contribution in [3.63, 3.8) is 0 Å². The molecule has 2 aromatic carbocycles. The van der Waals surface area contributed by atoms with Crippen LogP contribution in [0.25, 0.3) is 10.8 Å². The predicted molar refractivity (Wildman–Crippen MR) is 70.3 cm³/mol. The van der Waals surface area contributed by atoms with Crippen LogP contribution < -0.4 is 10.4 Å². The van der Waals surface area contributed by atoms with Gasteiger partial charge in [0, 0.05) is 6.92 Å². The van der Waals surface area contributed by atoms with Gasteiger partial charge in [0.1, 0.15) is 0 Å². The number of hydrogen-bond acceptors (Lipinski definition) is 3. The average Bonchev–Trinajstić information content (AvgIpc) is 2.37. The summed E-state index contributed by atoms with van der Waals surface area (Å²) in [5, 5.41) is 15.5. The second-order valence-electron chi connectivity index (χ2n) is 4.41. The zero-order chi connectivity index (χ0) is 13.8. The van der Waals surface area contributed by atoms with Crippen molar-refractivity contribution in [1.82, 2.24) is 5.32 Å². The molecular formula is C15H14NO3-. The number of fused-ring (bicyclic) bond motifs is 1. The molecule has 1 N–H and O–H groups in total. The molecule has 2 aromatic rings. The summed E-state index contributed by atoms with van der Waals surface area (Å²) in [6, 6.07) is 12.4. The number of amides is 1. The van der Waals surface area contributed by atoms with Crippen LogP contribution in [-0.2, 0) is 16.0 Å². The lowest BCUT2D eigenvalue weighted by atomic mass is 9.99. The van der Waals surface area contributed by atoms with Crippen molar-refractivity contribution in [1.29, 1.82) is 0 Å². The van der Waals surface area contributed by atoms with Crippen LogP contribution in [0.5, 0.6) is 0 Å². The number of nitrogens with one attached hydrogen (secondary N) is 1. The summed E-state index contributed by atoms with van der Waals surface area (Å²) < 4.78 is 0. The molecule has 4 heteroatoms. The summed E-state index contributed by atoms with van der Waals surface area (Å²) in [6.07, 6.45) is 0.212. The third kappa shape index (κ3) is 3.10. The summed E-state index contributed by atoms with van der Waals surface area (Å²) >= 11 is 0. The van der Waals surface area contributed by atoms with E-state index in [4.69, 9.17) is 0 Å². The third-order valence-electron chi connectivity index (χ3n) is 2.97. The van der Waals surface area contributed by atoms with E-state index in [1.165, 1.54) is 6.92 Å². The van der Waals surface area contributed by atoms with Crippen molar-refractivity contribution in [3.8, 4) is 0 Å². The van der Waals surface area contributed by atoms with Gasteiger partial charge in [-0.05, 0) is 22.8 Å². The lowest BCUT2D eigenvalue weighted by Crippen LogP contribution is -2.48. The topological polar surface area (TPSA) is 69.2 Å². The predicted octanol–water partition coefficient (Wildman–Crippen LogP) is 0.637. The second kappa shape index (κ2) is 5.52. The lowest BCUT2D eigenvalue weighted by Gasteiger charge is -2.19. The lowest BCUT2D eigenvalue weighted by molar-refractivity contribution is -0.308. The molecule has 0 aromatic heterocycles. The summed E-state index contributed by atoms with van der Waals surface area (Å²) in [5.41, 5.74) is 0.876. The number of carbonyl (C=O) groups excluding carboxylic acids is 2. The van der Waals surface area contributed by atoms with Gasteiger partial charge in [-0.2, -0.15) is 0 Å².